The molecule has 11 heteroatoms. The molecule has 248 valence electrons. The van der Waals surface area contributed by atoms with Crippen LogP contribution in [0.4, 0.5) is 4.79 Å². The fourth-order valence-corrected chi connectivity index (χ4v) is 5.79. The molecule has 4 aromatic rings. The summed E-state index contributed by atoms with van der Waals surface area (Å²) in [4.78, 5) is 49.4. The lowest BCUT2D eigenvalue weighted by Crippen LogP contribution is -2.69. The molecule has 1 saturated heterocycles. The van der Waals surface area contributed by atoms with Gasteiger partial charge in [0.15, 0.2) is 0 Å². The van der Waals surface area contributed by atoms with Crippen LogP contribution in [0.5, 0.6) is 11.5 Å². The minimum absolute atomic E-state index is 0.0388. The lowest BCUT2D eigenvalue weighted by Gasteiger charge is -2.46. The average molecular weight is 649 g/mol. The lowest BCUT2D eigenvalue weighted by molar-refractivity contribution is -0.157. The van der Waals surface area contributed by atoms with Gasteiger partial charge in [-0.2, -0.15) is 0 Å². The smallest absolute Gasteiger partial charge is 0.316 e. The molecule has 0 spiro atoms. The molecule has 5 rings (SSSR count). The van der Waals surface area contributed by atoms with E-state index in [4.69, 9.17) is 4.74 Å². The van der Waals surface area contributed by atoms with Crippen molar-refractivity contribution in [3.8, 4) is 22.8 Å². The highest BCUT2D eigenvalue weighted by molar-refractivity contribution is 5.91. The molecule has 1 aromatic heterocycles. The van der Waals surface area contributed by atoms with Gasteiger partial charge in [-0.3, -0.25) is 14.6 Å². The standard InChI is InChI=1S/C37H40N6O5/c1-3-19-38-23-34(45)43-31(21-26-15-17-29(44)18-16-26)36(46)42(25-33(43)41-37(47)40-22-27-10-5-4-6-11-27)24-28-12-9-20-39-35(28)30-13-7-8-14-32(30)48-2/h3-18,20,31,33,38,44H,1,19,21-25H2,2H3,(H2,40,41,47)/t31-,33+/m0/s1. The van der Waals surface area contributed by atoms with Crippen LogP contribution in [0.25, 0.3) is 11.3 Å². The van der Waals surface area contributed by atoms with E-state index in [9.17, 15) is 19.5 Å². The van der Waals surface area contributed by atoms with Crippen LogP contribution in [0.3, 0.4) is 0 Å². The fourth-order valence-electron chi connectivity index (χ4n) is 5.79. The van der Waals surface area contributed by atoms with E-state index in [0.717, 1.165) is 22.3 Å². The van der Waals surface area contributed by atoms with Crippen LogP contribution < -0.4 is 20.7 Å². The van der Waals surface area contributed by atoms with Crippen molar-refractivity contribution in [1.82, 2.24) is 30.7 Å². The number of phenols is 1. The molecule has 0 unspecified atom stereocenters. The number of carbonyl (C=O) groups is 3. The number of aromatic nitrogens is 1. The molecule has 0 aliphatic carbocycles. The van der Waals surface area contributed by atoms with E-state index in [1.54, 1.807) is 48.5 Å². The number of aromatic hydroxyl groups is 1. The van der Waals surface area contributed by atoms with Gasteiger partial charge in [0.2, 0.25) is 11.8 Å². The first kappa shape index (κ1) is 33.7. The molecule has 1 fully saturated rings. The van der Waals surface area contributed by atoms with Gasteiger partial charge >= 0.3 is 6.03 Å². The number of para-hydroxylation sites is 1. The number of benzene rings is 3. The van der Waals surface area contributed by atoms with E-state index in [2.05, 4.69) is 27.5 Å². The molecule has 1 aliphatic rings. The Labute approximate surface area is 280 Å². The summed E-state index contributed by atoms with van der Waals surface area (Å²) in [5.74, 6) is 0.105. The number of nitrogens with zero attached hydrogens (tertiary/aromatic N) is 3. The molecule has 3 aromatic carbocycles. The summed E-state index contributed by atoms with van der Waals surface area (Å²) in [7, 11) is 1.60. The number of urea groups is 1. The summed E-state index contributed by atoms with van der Waals surface area (Å²) in [6.07, 6.45) is 2.64. The first-order chi connectivity index (χ1) is 23.4. The lowest BCUT2D eigenvalue weighted by atomic mass is 9.98. The predicted molar refractivity (Wildman–Crippen MR) is 183 cm³/mol. The van der Waals surface area contributed by atoms with Gasteiger partial charge in [0.05, 0.1) is 25.9 Å². The Hall–Kier alpha value is -5.68. The van der Waals surface area contributed by atoms with Gasteiger partial charge < -0.3 is 35.6 Å². The van der Waals surface area contributed by atoms with Gasteiger partial charge in [-0.25, -0.2) is 4.79 Å². The van der Waals surface area contributed by atoms with E-state index in [-0.39, 0.29) is 50.2 Å². The molecule has 1 aliphatic heterocycles. The number of methoxy groups -OCH3 is 1. The summed E-state index contributed by atoms with van der Waals surface area (Å²) in [6, 6.07) is 25.8. The molecule has 11 nitrogen and oxygen atoms in total. The maximum atomic E-state index is 14.4. The van der Waals surface area contributed by atoms with Crippen LogP contribution in [0, 0.1) is 0 Å². The molecule has 0 saturated carbocycles. The number of nitrogens with one attached hydrogen (secondary N) is 3. The van der Waals surface area contributed by atoms with Crippen LogP contribution in [-0.2, 0) is 29.1 Å². The molecular formula is C37H40N6O5. The van der Waals surface area contributed by atoms with Crippen LogP contribution in [0.2, 0.25) is 0 Å². The van der Waals surface area contributed by atoms with Crippen LogP contribution >= 0.6 is 0 Å². The van der Waals surface area contributed by atoms with Gasteiger partial charge in [-0.15, -0.1) is 6.58 Å². The van der Waals surface area contributed by atoms with Gasteiger partial charge in [0.25, 0.3) is 0 Å². The molecule has 4 amide bonds. The van der Waals surface area contributed by atoms with Gasteiger partial charge in [0, 0.05) is 37.8 Å². The molecule has 0 bridgehead atoms. The Bertz CT molecular complexity index is 1720. The van der Waals surface area contributed by atoms with Crippen molar-refractivity contribution >= 4 is 17.8 Å². The summed E-state index contributed by atoms with van der Waals surface area (Å²) >= 11 is 0. The summed E-state index contributed by atoms with van der Waals surface area (Å²) in [5, 5.41) is 18.8. The number of hydrogen-bond acceptors (Lipinski definition) is 7. The highest BCUT2D eigenvalue weighted by Gasteiger charge is 2.43. The largest absolute Gasteiger partial charge is 0.508 e. The van der Waals surface area contributed by atoms with Crippen molar-refractivity contribution in [3.05, 3.63) is 127 Å². The molecular weight excluding hydrogens is 608 g/mol. The van der Waals surface area contributed by atoms with Crippen molar-refractivity contribution in [1.29, 1.82) is 0 Å². The summed E-state index contributed by atoms with van der Waals surface area (Å²) < 4.78 is 5.61. The van der Waals surface area contributed by atoms with Gasteiger partial charge in [-0.05, 0) is 47.0 Å². The second-order valence-corrected chi connectivity index (χ2v) is 11.4. The first-order valence-corrected chi connectivity index (χ1v) is 15.7. The van der Waals surface area contributed by atoms with E-state index >= 15 is 0 Å². The number of carbonyl (C=O) groups excluding carboxylic acids is 3. The number of amides is 4. The number of phenolic OH excluding ortho intramolecular Hbond substituents is 1. The maximum Gasteiger partial charge on any atom is 0.316 e. The van der Waals surface area contributed by atoms with Crippen molar-refractivity contribution in [2.45, 2.75) is 31.7 Å². The first-order valence-electron chi connectivity index (χ1n) is 15.7. The molecule has 48 heavy (non-hydrogen) atoms. The van der Waals surface area contributed by atoms with E-state index in [1.165, 1.54) is 4.90 Å². The summed E-state index contributed by atoms with van der Waals surface area (Å²) in [5.41, 5.74) is 3.88. The van der Waals surface area contributed by atoms with Crippen molar-refractivity contribution in [2.24, 2.45) is 0 Å². The van der Waals surface area contributed by atoms with E-state index < -0.39 is 18.2 Å². The van der Waals surface area contributed by atoms with E-state index in [1.807, 2.05) is 66.7 Å². The Kier molecular flexibility index (Phi) is 11.4. The topological polar surface area (TPSA) is 136 Å². The fraction of sp³-hybridized carbons (Fsp3) is 0.243. The van der Waals surface area contributed by atoms with E-state index in [0.29, 0.717) is 18.0 Å². The third kappa shape index (κ3) is 8.37. The number of ether oxygens (including phenoxy) is 1. The highest BCUT2D eigenvalue weighted by atomic mass is 16.5. The monoisotopic (exact) mass is 648 g/mol. The predicted octanol–water partition coefficient (Wildman–Crippen LogP) is 3.85. The minimum Gasteiger partial charge on any atom is -0.508 e. The van der Waals surface area contributed by atoms with Crippen molar-refractivity contribution in [2.75, 3.05) is 26.7 Å². The normalized spacial score (nSPS) is 15.9. The van der Waals surface area contributed by atoms with Crippen LogP contribution in [0.15, 0.2) is 110 Å². The Morgan fingerprint density at radius 1 is 1.00 bits per heavy atom. The zero-order valence-corrected chi connectivity index (χ0v) is 26.8. The second kappa shape index (κ2) is 16.2. The SMILES string of the molecule is C=CCNCC(=O)N1[C@@H](NC(=O)NCc2ccccc2)CN(Cc2cccnc2-c2ccccc2OC)C(=O)[C@@H]1Cc1ccc(O)cc1. The van der Waals surface area contributed by atoms with Crippen LogP contribution in [0.1, 0.15) is 16.7 Å². The van der Waals surface area contributed by atoms with Crippen LogP contribution in [-0.4, -0.2) is 76.7 Å². The molecule has 2 heterocycles. The number of piperazine rings is 1. The van der Waals surface area contributed by atoms with Gasteiger partial charge in [0.1, 0.15) is 23.7 Å². The maximum absolute atomic E-state index is 14.4. The minimum atomic E-state index is -0.952. The molecule has 2 atom stereocenters. The second-order valence-electron chi connectivity index (χ2n) is 11.4. The third-order valence-electron chi connectivity index (χ3n) is 8.09. The Morgan fingerprint density at radius 3 is 2.50 bits per heavy atom. The summed E-state index contributed by atoms with van der Waals surface area (Å²) in [6.45, 7) is 4.53. The Morgan fingerprint density at radius 2 is 1.75 bits per heavy atom. The molecule has 4 N–H and O–H groups in total. The Balaban J connectivity index is 1.49. The highest BCUT2D eigenvalue weighted by Crippen LogP contribution is 2.32. The number of pyridine rings is 1. The van der Waals surface area contributed by atoms with Crippen molar-refractivity contribution in [3.63, 3.8) is 0 Å². The van der Waals surface area contributed by atoms with Crippen molar-refractivity contribution < 1.29 is 24.2 Å². The molecule has 0 radical (unpaired) electrons. The number of rotatable bonds is 13. The quantitative estimate of drug-likeness (QED) is 0.128. The zero-order valence-electron chi connectivity index (χ0n) is 26.8. The zero-order chi connectivity index (χ0) is 33.9. The average Bonchev–Trinajstić information content (AvgIpc) is 3.11. The third-order valence-corrected chi connectivity index (χ3v) is 8.09. The number of hydrogen-bond donors (Lipinski definition) is 4. The van der Waals surface area contributed by atoms with Gasteiger partial charge in [-0.1, -0.05) is 66.7 Å².